The van der Waals surface area contributed by atoms with Crippen LogP contribution in [0.2, 0.25) is 0 Å². The Hall–Kier alpha value is -7.94. The third kappa shape index (κ3) is 11.2. The van der Waals surface area contributed by atoms with Gasteiger partial charge < -0.3 is 9.80 Å². The van der Waals surface area contributed by atoms with Crippen LogP contribution in [0.15, 0.2) is 279 Å². The largest absolute Gasteiger partial charge is 0.315 e. The van der Waals surface area contributed by atoms with Crippen LogP contribution in [0.3, 0.4) is 0 Å². The second-order valence-electron chi connectivity index (χ2n) is 16.0. The highest BCUT2D eigenvalue weighted by Gasteiger charge is 2.16. The lowest BCUT2D eigenvalue weighted by Crippen LogP contribution is -2.19. The molecule has 0 N–H and O–H groups in total. The molecule has 0 aliphatic heterocycles. The average molecular weight is 841 g/mol. The molecule has 7 aromatic carbocycles. The fourth-order valence-electron chi connectivity index (χ4n) is 8.29. The molecule has 0 radical (unpaired) electrons. The van der Waals surface area contributed by atoms with E-state index < -0.39 is 0 Å². The molecule has 0 saturated carbocycles. The molecule has 0 amide bonds. The van der Waals surface area contributed by atoms with E-state index in [4.69, 9.17) is 0 Å². The quantitative estimate of drug-likeness (QED) is 0.0895. The summed E-state index contributed by atoms with van der Waals surface area (Å²) in [4.78, 5) is 4.68. The first-order valence-electron chi connectivity index (χ1n) is 22.6. The Balaban J connectivity index is 1.07. The molecule has 0 fully saturated rings. The van der Waals surface area contributed by atoms with Gasteiger partial charge in [0, 0.05) is 34.2 Å². The summed E-state index contributed by atoms with van der Waals surface area (Å²) in [6.45, 7) is 8.56. The molecular formula is C63H56N2. The molecule has 0 saturated heterocycles. The van der Waals surface area contributed by atoms with Gasteiger partial charge >= 0.3 is 0 Å². The minimum absolute atomic E-state index is 0.769. The van der Waals surface area contributed by atoms with Gasteiger partial charge in [0.05, 0.1) is 0 Å². The highest BCUT2D eigenvalue weighted by Crippen LogP contribution is 2.37. The van der Waals surface area contributed by atoms with E-state index in [1.54, 1.807) is 0 Å². The van der Waals surface area contributed by atoms with Crippen molar-refractivity contribution >= 4 is 28.2 Å². The first kappa shape index (κ1) is 43.7. The number of rotatable bonds is 16. The molecule has 2 nitrogen and oxygen atoms in total. The summed E-state index contributed by atoms with van der Waals surface area (Å²) in [7, 11) is 0. The number of allylic oxidation sites excluding steroid dienone is 13. The van der Waals surface area contributed by atoms with Crippen molar-refractivity contribution in [2.75, 3.05) is 4.90 Å². The predicted octanol–water partition coefficient (Wildman–Crippen LogP) is 17.3. The summed E-state index contributed by atoms with van der Waals surface area (Å²) in [6.07, 6.45) is 24.6. The van der Waals surface area contributed by atoms with Crippen molar-refractivity contribution < 1.29 is 0 Å². The van der Waals surface area contributed by atoms with Gasteiger partial charge in [-0.05, 0) is 137 Å². The molecule has 318 valence electrons. The van der Waals surface area contributed by atoms with Crippen molar-refractivity contribution in [3.8, 4) is 22.3 Å². The molecule has 0 heterocycles. The number of anilines is 3. The molecule has 0 aromatic heterocycles. The van der Waals surface area contributed by atoms with Gasteiger partial charge in [-0.3, -0.25) is 0 Å². The number of nitrogens with zero attached hydrogens (tertiary/aromatic N) is 2. The topological polar surface area (TPSA) is 6.48 Å². The van der Waals surface area contributed by atoms with Crippen LogP contribution in [-0.2, 0) is 6.42 Å². The number of benzene rings is 7. The van der Waals surface area contributed by atoms with E-state index in [1.165, 1.54) is 50.1 Å². The Kier molecular flexibility index (Phi) is 14.7. The van der Waals surface area contributed by atoms with Crippen LogP contribution >= 0.6 is 0 Å². The maximum absolute atomic E-state index is 4.15. The molecular weight excluding hydrogens is 785 g/mol. The predicted molar refractivity (Wildman–Crippen MR) is 280 cm³/mol. The Morgan fingerprint density at radius 1 is 0.523 bits per heavy atom. The van der Waals surface area contributed by atoms with Crippen molar-refractivity contribution in [3.63, 3.8) is 0 Å². The van der Waals surface area contributed by atoms with E-state index in [1.807, 2.05) is 6.08 Å². The molecule has 0 atom stereocenters. The fraction of sp³-hybridized carbons (Fsp3) is 0.0794. The van der Waals surface area contributed by atoms with Crippen molar-refractivity contribution in [1.82, 2.24) is 4.90 Å². The van der Waals surface area contributed by atoms with Crippen molar-refractivity contribution in [2.45, 2.75) is 33.1 Å². The monoisotopic (exact) mass is 840 g/mol. The average Bonchev–Trinajstić information content (AvgIpc) is 3.63. The lowest BCUT2D eigenvalue weighted by atomic mass is 10.0. The smallest absolute Gasteiger partial charge is 0.0462 e. The zero-order valence-corrected chi connectivity index (χ0v) is 37.5. The first-order valence-corrected chi connectivity index (χ1v) is 22.6. The Labute approximate surface area is 386 Å². The zero-order chi connectivity index (χ0) is 44.6. The Morgan fingerprint density at radius 2 is 1.02 bits per heavy atom. The maximum atomic E-state index is 4.15. The Bertz CT molecular complexity index is 2770. The lowest BCUT2D eigenvalue weighted by molar-refractivity contribution is 0.559. The van der Waals surface area contributed by atoms with Gasteiger partial charge in [0.15, 0.2) is 0 Å². The normalized spacial score (nSPS) is 13.2. The van der Waals surface area contributed by atoms with E-state index in [0.29, 0.717) is 0 Å². The molecule has 0 unspecified atom stereocenters. The fourth-order valence-corrected chi connectivity index (χ4v) is 8.29. The second-order valence-corrected chi connectivity index (χ2v) is 16.0. The minimum atomic E-state index is 0.769. The summed E-state index contributed by atoms with van der Waals surface area (Å²) in [5, 5.41) is 0. The molecule has 2 heteroatoms. The molecule has 65 heavy (non-hydrogen) atoms. The molecule has 0 bridgehead atoms. The lowest BCUT2D eigenvalue weighted by Gasteiger charge is -2.28. The maximum Gasteiger partial charge on any atom is 0.0462 e. The summed E-state index contributed by atoms with van der Waals surface area (Å²) in [6, 6.07) is 69.1. The van der Waals surface area contributed by atoms with Crippen LogP contribution in [-0.4, -0.2) is 4.90 Å². The van der Waals surface area contributed by atoms with Crippen molar-refractivity contribution in [3.05, 3.63) is 295 Å². The molecule has 0 spiro atoms. The molecule has 8 rings (SSSR count). The minimum Gasteiger partial charge on any atom is -0.315 e. The third-order valence-corrected chi connectivity index (χ3v) is 11.7. The summed E-state index contributed by atoms with van der Waals surface area (Å²) >= 11 is 0. The van der Waals surface area contributed by atoms with Gasteiger partial charge in [0.1, 0.15) is 0 Å². The molecule has 1 aliphatic carbocycles. The summed E-state index contributed by atoms with van der Waals surface area (Å²) in [5.74, 6) is 0. The molecule has 1 aliphatic rings. The van der Waals surface area contributed by atoms with E-state index in [9.17, 15) is 0 Å². The standard InChI is InChI=1S/C63H56N2/c1-4-20-59(64(49(3)33-36-51(5-2)52-22-10-6-11-23-52)60-32-19-30-56(37-44-60)53-24-12-7-13-25-53)31-18-21-50-34-42-61(43-35-50)65(62-45-38-57(39-46-62)54-26-14-8-15-27-54)63-47-40-58(41-48-63)55-28-16-9-17-29-55/h4,6-18,20,22-48H,1,5,19,21H2,2-3H3/b31-18-,49-33+,51-36+,59-20+. The van der Waals surface area contributed by atoms with Crippen LogP contribution in [0.1, 0.15) is 43.4 Å². The first-order chi connectivity index (χ1) is 32.1. The van der Waals surface area contributed by atoms with Crippen molar-refractivity contribution in [1.29, 1.82) is 0 Å². The van der Waals surface area contributed by atoms with E-state index in [-0.39, 0.29) is 0 Å². The number of hydrogen-bond donors (Lipinski definition) is 0. The van der Waals surface area contributed by atoms with Gasteiger partial charge in [-0.1, -0.05) is 208 Å². The highest BCUT2D eigenvalue weighted by molar-refractivity contribution is 5.80. The highest BCUT2D eigenvalue weighted by atomic mass is 15.2. The SMILES string of the molecule is C=C/C=C(\C=C/Cc1ccc(N(c2ccc(-c3ccccc3)cc2)c2ccc(-c3ccccc3)cc2)cc1)N(C1=CCC=C(c2ccccc2)C=C1)/C(C)=C/C=C(\CC)c1ccccc1. The van der Waals surface area contributed by atoms with Gasteiger partial charge in [-0.15, -0.1) is 0 Å². The van der Waals surface area contributed by atoms with Crippen LogP contribution in [0, 0.1) is 0 Å². The second kappa shape index (κ2) is 21.9. The summed E-state index contributed by atoms with van der Waals surface area (Å²) in [5.41, 5.74) is 17.6. The van der Waals surface area contributed by atoms with E-state index in [2.05, 4.69) is 279 Å². The van der Waals surface area contributed by atoms with Gasteiger partial charge in [-0.25, -0.2) is 0 Å². The Morgan fingerprint density at radius 3 is 1.54 bits per heavy atom. The third-order valence-electron chi connectivity index (χ3n) is 11.7. The van der Waals surface area contributed by atoms with Gasteiger partial charge in [0.25, 0.3) is 0 Å². The summed E-state index contributed by atoms with van der Waals surface area (Å²) < 4.78 is 0. The van der Waals surface area contributed by atoms with Crippen molar-refractivity contribution in [2.24, 2.45) is 0 Å². The van der Waals surface area contributed by atoms with Gasteiger partial charge in [-0.2, -0.15) is 0 Å². The van der Waals surface area contributed by atoms with E-state index in [0.717, 1.165) is 53.4 Å². The zero-order valence-electron chi connectivity index (χ0n) is 37.5. The van der Waals surface area contributed by atoms with Crippen LogP contribution in [0.4, 0.5) is 17.1 Å². The van der Waals surface area contributed by atoms with Crippen LogP contribution in [0.25, 0.3) is 33.4 Å². The molecule has 7 aromatic rings. The van der Waals surface area contributed by atoms with Crippen LogP contribution in [0.5, 0.6) is 0 Å². The van der Waals surface area contributed by atoms with Gasteiger partial charge in [0.2, 0.25) is 0 Å². The van der Waals surface area contributed by atoms with Crippen LogP contribution < -0.4 is 4.90 Å². The van der Waals surface area contributed by atoms with E-state index >= 15 is 0 Å². The number of hydrogen-bond acceptors (Lipinski definition) is 2.